The first-order chi connectivity index (χ1) is 13.9. The predicted molar refractivity (Wildman–Crippen MR) is 108 cm³/mol. The van der Waals surface area contributed by atoms with Crippen LogP contribution in [0.25, 0.3) is 0 Å². The van der Waals surface area contributed by atoms with Crippen LogP contribution in [0.2, 0.25) is 0 Å². The molecule has 0 saturated carbocycles. The van der Waals surface area contributed by atoms with Crippen LogP contribution < -0.4 is 26.0 Å². The zero-order valence-electron chi connectivity index (χ0n) is 16.9. The summed E-state index contributed by atoms with van der Waals surface area (Å²) in [5.74, 6) is 0.936. The number of allylic oxidation sites excluding steroid dienone is 2. The van der Waals surface area contributed by atoms with Crippen LogP contribution in [0.15, 0.2) is 39.1 Å². The van der Waals surface area contributed by atoms with E-state index < -0.39 is 17.2 Å². The number of carbonyl (C=O) groups is 1. The van der Waals surface area contributed by atoms with E-state index in [9.17, 15) is 14.4 Å². The Balaban J connectivity index is 2.06. The minimum absolute atomic E-state index is 0.0140. The normalized spacial score (nSPS) is 18.1. The van der Waals surface area contributed by atoms with Crippen LogP contribution in [-0.2, 0) is 18.9 Å². The Labute approximate surface area is 167 Å². The highest BCUT2D eigenvalue weighted by Gasteiger charge is 2.38. The Morgan fingerprint density at radius 3 is 2.41 bits per heavy atom. The van der Waals surface area contributed by atoms with Gasteiger partial charge in [-0.05, 0) is 30.5 Å². The van der Waals surface area contributed by atoms with Crippen molar-refractivity contribution in [3.63, 3.8) is 0 Å². The minimum atomic E-state index is -0.584. The summed E-state index contributed by atoms with van der Waals surface area (Å²) in [5, 5.41) is 3.21. The molecule has 1 N–H and O–H groups in total. The van der Waals surface area contributed by atoms with Gasteiger partial charge in [0, 0.05) is 37.7 Å². The van der Waals surface area contributed by atoms with E-state index in [1.54, 1.807) is 26.3 Å². The van der Waals surface area contributed by atoms with Gasteiger partial charge in [0.25, 0.3) is 5.56 Å². The standard InChI is InChI=1S/C21H23N3O5/c1-23-19-18(20(26)24(2)21(23)27)16(17-12(22-19)6-5-7-13(17)25)11-8-9-14(28-3)15(10-11)29-4/h8-10,16,22H,5-7H2,1-4H3/t16-/m0/s1. The fraction of sp³-hybridized carbons (Fsp3) is 0.381. The molecule has 4 rings (SSSR count). The smallest absolute Gasteiger partial charge is 0.332 e. The van der Waals surface area contributed by atoms with Crippen LogP contribution in [-0.4, -0.2) is 29.1 Å². The molecule has 1 atom stereocenters. The minimum Gasteiger partial charge on any atom is -0.493 e. The van der Waals surface area contributed by atoms with Crippen molar-refractivity contribution < 1.29 is 14.3 Å². The summed E-state index contributed by atoms with van der Waals surface area (Å²) >= 11 is 0. The quantitative estimate of drug-likeness (QED) is 0.847. The second-order valence-electron chi connectivity index (χ2n) is 7.31. The molecule has 0 bridgehead atoms. The Bertz CT molecular complexity index is 1170. The summed E-state index contributed by atoms with van der Waals surface area (Å²) in [6, 6.07) is 5.38. The number of hydrogen-bond donors (Lipinski definition) is 1. The molecule has 0 amide bonds. The maximum absolute atomic E-state index is 13.1. The Kier molecular flexibility index (Phi) is 4.56. The molecule has 0 saturated heterocycles. The van der Waals surface area contributed by atoms with Crippen LogP contribution in [0.5, 0.6) is 11.5 Å². The molecule has 1 aliphatic heterocycles. The molecule has 152 valence electrons. The number of nitrogens with one attached hydrogen (secondary N) is 1. The van der Waals surface area contributed by atoms with Gasteiger partial charge in [0.2, 0.25) is 0 Å². The number of methoxy groups -OCH3 is 2. The van der Waals surface area contributed by atoms with Gasteiger partial charge in [0.05, 0.1) is 19.8 Å². The third-order valence-electron chi connectivity index (χ3n) is 5.74. The lowest BCUT2D eigenvalue weighted by Crippen LogP contribution is -2.44. The number of anilines is 1. The van der Waals surface area contributed by atoms with E-state index in [1.165, 1.54) is 18.7 Å². The molecule has 0 unspecified atom stereocenters. The van der Waals surface area contributed by atoms with Crippen LogP contribution in [0.3, 0.4) is 0 Å². The van der Waals surface area contributed by atoms with E-state index in [0.29, 0.717) is 41.3 Å². The summed E-state index contributed by atoms with van der Waals surface area (Å²) in [7, 11) is 6.16. The van der Waals surface area contributed by atoms with Crippen molar-refractivity contribution in [1.29, 1.82) is 0 Å². The number of benzene rings is 1. The van der Waals surface area contributed by atoms with Gasteiger partial charge in [0.15, 0.2) is 17.3 Å². The molecular formula is C21H23N3O5. The molecule has 2 aliphatic rings. The molecule has 2 aromatic rings. The number of ether oxygens (including phenoxy) is 2. The van der Waals surface area contributed by atoms with Crippen molar-refractivity contribution in [2.24, 2.45) is 14.1 Å². The Morgan fingerprint density at radius 2 is 1.72 bits per heavy atom. The number of ketones is 1. The van der Waals surface area contributed by atoms with Crippen molar-refractivity contribution >= 4 is 11.6 Å². The zero-order valence-corrected chi connectivity index (χ0v) is 16.9. The molecule has 1 aromatic carbocycles. The Morgan fingerprint density at radius 1 is 1.00 bits per heavy atom. The summed E-state index contributed by atoms with van der Waals surface area (Å²) in [5.41, 5.74) is 1.65. The number of fused-ring (bicyclic) bond motifs is 1. The van der Waals surface area contributed by atoms with Gasteiger partial charge in [0.1, 0.15) is 5.82 Å². The van der Waals surface area contributed by atoms with Crippen LogP contribution in [0, 0.1) is 0 Å². The first kappa shape index (κ1) is 19.0. The average molecular weight is 397 g/mol. The molecule has 8 heteroatoms. The lowest BCUT2D eigenvalue weighted by atomic mass is 9.76. The van der Waals surface area contributed by atoms with E-state index in [0.717, 1.165) is 22.2 Å². The number of carbonyl (C=O) groups excluding carboxylic acids is 1. The molecule has 29 heavy (non-hydrogen) atoms. The lowest BCUT2D eigenvalue weighted by Gasteiger charge is -2.34. The van der Waals surface area contributed by atoms with Crippen LogP contribution in [0.4, 0.5) is 5.82 Å². The maximum Gasteiger partial charge on any atom is 0.332 e. The highest BCUT2D eigenvalue weighted by Crippen LogP contribution is 2.44. The van der Waals surface area contributed by atoms with Crippen molar-refractivity contribution in [2.75, 3.05) is 19.5 Å². The number of rotatable bonds is 3. The first-order valence-corrected chi connectivity index (χ1v) is 9.44. The van der Waals surface area contributed by atoms with Gasteiger partial charge in [-0.3, -0.25) is 18.7 Å². The fourth-order valence-electron chi connectivity index (χ4n) is 4.26. The predicted octanol–water partition coefficient (Wildman–Crippen LogP) is 1.67. The molecule has 8 nitrogen and oxygen atoms in total. The highest BCUT2D eigenvalue weighted by atomic mass is 16.5. The molecule has 1 aromatic heterocycles. The van der Waals surface area contributed by atoms with Crippen LogP contribution >= 0.6 is 0 Å². The highest BCUT2D eigenvalue weighted by molar-refractivity contribution is 6.00. The molecular weight excluding hydrogens is 374 g/mol. The topological polar surface area (TPSA) is 91.6 Å². The number of hydrogen-bond acceptors (Lipinski definition) is 6. The molecule has 2 heterocycles. The third-order valence-corrected chi connectivity index (χ3v) is 5.74. The third kappa shape index (κ3) is 2.78. The first-order valence-electron chi connectivity index (χ1n) is 9.44. The van der Waals surface area contributed by atoms with E-state index >= 15 is 0 Å². The van der Waals surface area contributed by atoms with Crippen molar-refractivity contribution in [3.05, 3.63) is 61.4 Å². The average Bonchev–Trinajstić information content (AvgIpc) is 2.74. The van der Waals surface area contributed by atoms with Gasteiger partial charge in [-0.1, -0.05) is 6.07 Å². The van der Waals surface area contributed by atoms with Crippen molar-refractivity contribution in [3.8, 4) is 11.5 Å². The SMILES string of the molecule is COc1ccc([C@H]2C3=C(CCCC3=O)Nc3c2c(=O)n(C)c(=O)n3C)cc1OC. The summed E-state index contributed by atoms with van der Waals surface area (Å²) in [6.07, 6.45) is 1.86. The van der Waals surface area contributed by atoms with Gasteiger partial charge in [-0.25, -0.2) is 4.79 Å². The van der Waals surface area contributed by atoms with Crippen molar-refractivity contribution in [1.82, 2.24) is 9.13 Å². The number of Topliss-reactive ketones (excluding diaryl/α,β-unsaturated/α-hetero) is 1. The summed E-state index contributed by atoms with van der Waals surface area (Å²) in [6.45, 7) is 0. The monoisotopic (exact) mass is 397 g/mol. The molecule has 0 fully saturated rings. The number of aromatic nitrogens is 2. The van der Waals surface area contributed by atoms with Crippen LogP contribution in [0.1, 0.15) is 36.3 Å². The fourth-order valence-corrected chi connectivity index (χ4v) is 4.26. The van der Waals surface area contributed by atoms with E-state index in [-0.39, 0.29) is 5.78 Å². The van der Waals surface area contributed by atoms with Gasteiger partial charge < -0.3 is 14.8 Å². The zero-order chi connectivity index (χ0) is 20.9. The molecule has 0 radical (unpaired) electrons. The Hall–Kier alpha value is -3.29. The second-order valence-corrected chi connectivity index (χ2v) is 7.31. The molecule has 1 aliphatic carbocycles. The van der Waals surface area contributed by atoms with E-state index in [4.69, 9.17) is 9.47 Å². The van der Waals surface area contributed by atoms with E-state index in [2.05, 4.69) is 5.32 Å². The van der Waals surface area contributed by atoms with Gasteiger partial charge in [-0.2, -0.15) is 0 Å². The largest absolute Gasteiger partial charge is 0.493 e. The van der Waals surface area contributed by atoms with Crippen molar-refractivity contribution in [2.45, 2.75) is 25.2 Å². The van der Waals surface area contributed by atoms with Gasteiger partial charge in [-0.15, -0.1) is 0 Å². The lowest BCUT2D eigenvalue weighted by molar-refractivity contribution is -0.116. The second kappa shape index (κ2) is 6.95. The summed E-state index contributed by atoms with van der Waals surface area (Å²) < 4.78 is 13.3. The van der Waals surface area contributed by atoms with Gasteiger partial charge >= 0.3 is 5.69 Å². The van der Waals surface area contributed by atoms with E-state index in [1.807, 2.05) is 6.07 Å². The number of nitrogens with zero attached hydrogens (tertiary/aromatic N) is 2. The maximum atomic E-state index is 13.1. The summed E-state index contributed by atoms with van der Waals surface area (Å²) in [4.78, 5) is 38.5. The molecule has 0 spiro atoms.